The molecule has 1 aromatic carbocycles. The van der Waals surface area contributed by atoms with Crippen LogP contribution in [-0.2, 0) is 15.6 Å². The maximum atomic E-state index is 12.6. The first-order valence-corrected chi connectivity index (χ1v) is 9.88. The molecule has 0 fully saturated rings. The fourth-order valence-corrected chi connectivity index (χ4v) is 3.54. The van der Waals surface area contributed by atoms with Gasteiger partial charge in [-0.1, -0.05) is 24.6 Å². The fraction of sp³-hybridized carbons (Fsp3) is 0.278. The third-order valence-electron chi connectivity index (χ3n) is 3.95. The van der Waals surface area contributed by atoms with Crippen LogP contribution in [0.1, 0.15) is 18.2 Å². The highest BCUT2D eigenvalue weighted by molar-refractivity contribution is 7.84. The molecule has 25 heavy (non-hydrogen) atoms. The summed E-state index contributed by atoms with van der Waals surface area (Å²) in [5, 5.41) is 0.564. The van der Waals surface area contributed by atoms with E-state index < -0.39 is 10.8 Å². The van der Waals surface area contributed by atoms with Gasteiger partial charge in [-0.2, -0.15) is 0 Å². The summed E-state index contributed by atoms with van der Waals surface area (Å²) < 4.78 is 11.8. The zero-order valence-corrected chi connectivity index (χ0v) is 15.4. The average molecular weight is 376 g/mol. The largest absolute Gasteiger partial charge is 0.309 e. The predicted octanol–water partition coefficient (Wildman–Crippen LogP) is 2.69. The molecule has 0 N–H and O–H groups in total. The van der Waals surface area contributed by atoms with E-state index in [9.17, 15) is 9.00 Å². The van der Waals surface area contributed by atoms with Crippen LogP contribution in [0.25, 0.3) is 0 Å². The summed E-state index contributed by atoms with van der Waals surface area (Å²) >= 11 is 6.19. The number of benzodiazepines with no additional fused rings is 1. The molecular weight excluding hydrogens is 358 g/mol. The van der Waals surface area contributed by atoms with Crippen molar-refractivity contribution in [2.45, 2.75) is 6.92 Å². The highest BCUT2D eigenvalue weighted by Crippen LogP contribution is 2.29. The van der Waals surface area contributed by atoms with Crippen LogP contribution in [-0.4, -0.2) is 45.4 Å². The summed E-state index contributed by atoms with van der Waals surface area (Å²) in [4.78, 5) is 23.1. The van der Waals surface area contributed by atoms with Crippen LogP contribution >= 0.6 is 11.6 Å². The van der Waals surface area contributed by atoms with Gasteiger partial charge >= 0.3 is 0 Å². The lowest BCUT2D eigenvalue weighted by atomic mass is 10.0. The maximum Gasteiger partial charge on any atom is 0.248 e. The normalized spacial score (nSPS) is 15.4. The molecular formula is C18H18ClN3O2S. The van der Waals surface area contributed by atoms with Crippen LogP contribution in [0.2, 0.25) is 5.02 Å². The molecule has 0 spiro atoms. The number of carbonyl (C=O) groups excluding carboxylic acids is 1. The number of aliphatic imine (C=N–C) groups is 1. The van der Waals surface area contributed by atoms with E-state index in [2.05, 4.69) is 9.98 Å². The lowest BCUT2D eigenvalue weighted by molar-refractivity contribution is -0.117. The minimum Gasteiger partial charge on any atom is -0.309 e. The molecule has 1 amide bonds. The molecule has 2 aromatic rings. The molecule has 5 nitrogen and oxygen atoms in total. The van der Waals surface area contributed by atoms with Gasteiger partial charge in [-0.3, -0.25) is 19.0 Å². The van der Waals surface area contributed by atoms with Crippen LogP contribution in [0.15, 0.2) is 47.6 Å². The minimum absolute atomic E-state index is 0.0248. The molecule has 0 saturated heterocycles. The maximum absolute atomic E-state index is 12.6. The Morgan fingerprint density at radius 1 is 1.28 bits per heavy atom. The van der Waals surface area contributed by atoms with Gasteiger partial charge in [0, 0.05) is 45.6 Å². The summed E-state index contributed by atoms with van der Waals surface area (Å²) in [6, 6.07) is 10.9. The molecule has 1 unspecified atom stereocenters. The third-order valence-corrected chi connectivity index (χ3v) is 5.47. The van der Waals surface area contributed by atoms with Gasteiger partial charge in [0.25, 0.3) is 0 Å². The second kappa shape index (κ2) is 7.89. The van der Waals surface area contributed by atoms with E-state index in [4.69, 9.17) is 11.6 Å². The molecule has 3 rings (SSSR count). The SMILES string of the molecule is CCS(=O)CCN1C(=O)CN=C(c2ccccn2)c2cc(Cl)ccc21. The number of benzene rings is 1. The van der Waals surface area contributed by atoms with Crippen molar-refractivity contribution < 1.29 is 9.00 Å². The molecule has 2 heterocycles. The zero-order valence-electron chi connectivity index (χ0n) is 13.8. The van der Waals surface area contributed by atoms with Crippen LogP contribution < -0.4 is 4.90 Å². The summed E-state index contributed by atoms with van der Waals surface area (Å²) in [7, 11) is -0.945. The lowest BCUT2D eigenvalue weighted by Gasteiger charge is -2.23. The number of rotatable bonds is 5. The molecule has 0 aliphatic carbocycles. The van der Waals surface area contributed by atoms with E-state index in [1.807, 2.05) is 31.2 Å². The van der Waals surface area contributed by atoms with Gasteiger partial charge in [-0.15, -0.1) is 0 Å². The van der Waals surface area contributed by atoms with E-state index >= 15 is 0 Å². The number of nitrogens with zero attached hydrogens (tertiary/aromatic N) is 3. The third kappa shape index (κ3) is 3.96. The van der Waals surface area contributed by atoms with Gasteiger partial charge in [0.15, 0.2) is 0 Å². The second-order valence-electron chi connectivity index (χ2n) is 5.52. The summed E-state index contributed by atoms with van der Waals surface area (Å²) in [5.74, 6) is 0.886. The van der Waals surface area contributed by atoms with E-state index in [1.54, 1.807) is 23.2 Å². The standard InChI is InChI=1S/C18H18ClN3O2S/c1-2-25(24)10-9-22-16-7-6-13(19)11-14(16)18(21-12-17(22)23)15-5-3-4-8-20-15/h3-8,11H,2,9-10,12H2,1H3. The molecule has 1 aliphatic rings. The fourth-order valence-electron chi connectivity index (χ4n) is 2.69. The number of aromatic nitrogens is 1. The number of carbonyl (C=O) groups is 1. The Labute approximate surface area is 154 Å². The van der Waals surface area contributed by atoms with Gasteiger partial charge in [0.05, 0.1) is 17.1 Å². The average Bonchev–Trinajstić information content (AvgIpc) is 2.76. The van der Waals surface area contributed by atoms with Crippen LogP contribution in [0.5, 0.6) is 0 Å². The van der Waals surface area contributed by atoms with Crippen molar-refractivity contribution in [3.63, 3.8) is 0 Å². The van der Waals surface area contributed by atoms with Crippen LogP contribution in [0, 0.1) is 0 Å². The second-order valence-corrected chi connectivity index (χ2v) is 7.82. The molecule has 1 aromatic heterocycles. The molecule has 0 bridgehead atoms. The van der Waals surface area contributed by atoms with E-state index in [-0.39, 0.29) is 12.5 Å². The number of hydrogen-bond donors (Lipinski definition) is 0. The van der Waals surface area contributed by atoms with Crippen molar-refractivity contribution in [3.8, 4) is 0 Å². The number of halogens is 1. The van der Waals surface area contributed by atoms with Gasteiger partial charge in [-0.25, -0.2) is 0 Å². The van der Waals surface area contributed by atoms with Gasteiger partial charge in [-0.05, 0) is 30.3 Å². The number of anilines is 1. The first-order valence-electron chi connectivity index (χ1n) is 8.01. The molecule has 0 saturated carbocycles. The quantitative estimate of drug-likeness (QED) is 0.807. The zero-order chi connectivity index (χ0) is 17.8. The Balaban J connectivity index is 2.05. The highest BCUT2D eigenvalue weighted by atomic mass is 35.5. The molecule has 130 valence electrons. The number of fused-ring (bicyclic) bond motifs is 1. The Morgan fingerprint density at radius 2 is 2.12 bits per heavy atom. The van der Waals surface area contributed by atoms with E-state index in [0.29, 0.717) is 34.5 Å². The summed E-state index contributed by atoms with van der Waals surface area (Å²) in [6.07, 6.45) is 1.69. The van der Waals surface area contributed by atoms with Crippen molar-refractivity contribution >= 4 is 39.7 Å². The first kappa shape index (κ1) is 17.8. The first-order chi connectivity index (χ1) is 12.1. The topological polar surface area (TPSA) is 62.6 Å². The number of amides is 1. The number of pyridine rings is 1. The Morgan fingerprint density at radius 3 is 2.84 bits per heavy atom. The molecule has 7 heteroatoms. The van der Waals surface area contributed by atoms with Crippen LogP contribution in [0.3, 0.4) is 0 Å². The highest BCUT2D eigenvalue weighted by Gasteiger charge is 2.26. The molecule has 1 aliphatic heterocycles. The Kier molecular flexibility index (Phi) is 5.60. The minimum atomic E-state index is -0.945. The van der Waals surface area contributed by atoms with E-state index in [1.165, 1.54) is 0 Å². The van der Waals surface area contributed by atoms with Crippen molar-refractivity contribution in [1.82, 2.24) is 4.98 Å². The predicted molar refractivity (Wildman–Crippen MR) is 102 cm³/mol. The Bertz CT molecular complexity index is 839. The smallest absolute Gasteiger partial charge is 0.248 e. The van der Waals surface area contributed by atoms with E-state index in [0.717, 1.165) is 11.3 Å². The van der Waals surface area contributed by atoms with Crippen molar-refractivity contribution in [1.29, 1.82) is 0 Å². The molecule has 1 atom stereocenters. The van der Waals surface area contributed by atoms with Crippen LogP contribution in [0.4, 0.5) is 5.69 Å². The Hall–Kier alpha value is -2.05. The van der Waals surface area contributed by atoms with Gasteiger partial charge in [0.2, 0.25) is 5.91 Å². The van der Waals surface area contributed by atoms with Crippen molar-refractivity contribution in [2.24, 2.45) is 4.99 Å². The monoisotopic (exact) mass is 375 g/mol. The summed E-state index contributed by atoms with van der Waals surface area (Å²) in [6.45, 7) is 2.28. The van der Waals surface area contributed by atoms with Gasteiger partial charge < -0.3 is 4.90 Å². The summed E-state index contributed by atoms with van der Waals surface area (Å²) in [5.41, 5.74) is 2.83. The van der Waals surface area contributed by atoms with Crippen molar-refractivity contribution in [2.75, 3.05) is 29.5 Å². The number of hydrogen-bond acceptors (Lipinski definition) is 4. The molecule has 0 radical (unpaired) electrons. The van der Waals surface area contributed by atoms with Gasteiger partial charge in [0.1, 0.15) is 6.54 Å². The van der Waals surface area contributed by atoms with Crippen molar-refractivity contribution in [3.05, 3.63) is 58.9 Å². The lowest BCUT2D eigenvalue weighted by Crippen LogP contribution is -2.35.